The molecule has 0 spiro atoms. The molecule has 1 saturated heterocycles. The van der Waals surface area contributed by atoms with Crippen molar-refractivity contribution in [3.05, 3.63) is 30.9 Å². The first kappa shape index (κ1) is 16.3. The molecule has 0 aromatic carbocycles. The second-order valence-corrected chi connectivity index (χ2v) is 5.51. The number of amides is 1. The molecule has 3 heterocycles. The Morgan fingerprint density at radius 3 is 3.21 bits per heavy atom. The van der Waals surface area contributed by atoms with E-state index in [9.17, 15) is 4.79 Å². The third kappa shape index (κ3) is 3.69. The van der Waals surface area contributed by atoms with Crippen molar-refractivity contribution in [2.75, 3.05) is 32.8 Å². The monoisotopic (exact) mass is 332 g/mol. The van der Waals surface area contributed by atoms with Crippen LogP contribution in [0.5, 0.6) is 0 Å². The lowest BCUT2D eigenvalue weighted by molar-refractivity contribution is -0.124. The predicted octanol–water partition coefficient (Wildman–Crippen LogP) is 0.146. The quantitative estimate of drug-likeness (QED) is 0.752. The number of aromatic nitrogens is 4. The summed E-state index contributed by atoms with van der Waals surface area (Å²) in [4.78, 5) is 18.4. The molecule has 3 rings (SSSR count). The fourth-order valence-corrected chi connectivity index (χ4v) is 2.51. The minimum absolute atomic E-state index is 0.0715. The average Bonchev–Trinajstić information content (AvgIpc) is 3.22. The van der Waals surface area contributed by atoms with E-state index in [1.807, 2.05) is 11.9 Å². The van der Waals surface area contributed by atoms with Gasteiger partial charge in [-0.15, -0.1) is 6.58 Å². The Hall–Kier alpha value is -2.52. The van der Waals surface area contributed by atoms with E-state index in [2.05, 4.69) is 27.1 Å². The van der Waals surface area contributed by atoms with E-state index in [0.717, 1.165) is 5.56 Å². The second kappa shape index (κ2) is 7.37. The molecule has 1 N–H and O–H groups in total. The molecule has 1 aliphatic rings. The van der Waals surface area contributed by atoms with Crippen LogP contribution < -0.4 is 5.32 Å². The fraction of sp³-hybridized carbons (Fsp3) is 0.467. The highest BCUT2D eigenvalue weighted by atomic mass is 16.5. The highest BCUT2D eigenvalue weighted by Gasteiger charge is 2.30. The Labute approximate surface area is 139 Å². The summed E-state index contributed by atoms with van der Waals surface area (Å²) in [6.45, 7) is 5.90. The zero-order chi connectivity index (χ0) is 16.9. The van der Waals surface area contributed by atoms with Crippen molar-refractivity contribution in [2.45, 2.75) is 6.04 Å². The average molecular weight is 332 g/mol. The molecule has 0 saturated carbocycles. The second-order valence-electron chi connectivity index (χ2n) is 5.51. The summed E-state index contributed by atoms with van der Waals surface area (Å²) in [5, 5.41) is 10.9. The first-order valence-electron chi connectivity index (χ1n) is 7.69. The maximum absolute atomic E-state index is 12.0. The van der Waals surface area contributed by atoms with Crippen LogP contribution in [0.15, 0.2) is 29.6 Å². The van der Waals surface area contributed by atoms with E-state index in [1.165, 1.54) is 0 Å². The van der Waals surface area contributed by atoms with Crippen molar-refractivity contribution in [1.82, 2.24) is 30.1 Å². The van der Waals surface area contributed by atoms with Crippen LogP contribution in [0.2, 0.25) is 0 Å². The molecule has 0 bridgehead atoms. The molecule has 9 nitrogen and oxygen atoms in total. The van der Waals surface area contributed by atoms with Crippen molar-refractivity contribution in [3.63, 3.8) is 0 Å². The number of morpholine rings is 1. The van der Waals surface area contributed by atoms with Crippen molar-refractivity contribution >= 4 is 5.91 Å². The number of hydrogen-bond acceptors (Lipinski definition) is 7. The molecule has 128 valence electrons. The summed E-state index contributed by atoms with van der Waals surface area (Å²) in [6.07, 6.45) is 5.11. The van der Waals surface area contributed by atoms with Gasteiger partial charge in [0.05, 0.1) is 37.6 Å². The van der Waals surface area contributed by atoms with Gasteiger partial charge in [0, 0.05) is 26.3 Å². The van der Waals surface area contributed by atoms with E-state index in [1.54, 1.807) is 23.2 Å². The predicted molar refractivity (Wildman–Crippen MR) is 84.8 cm³/mol. The summed E-state index contributed by atoms with van der Waals surface area (Å²) < 4.78 is 12.5. The van der Waals surface area contributed by atoms with Crippen LogP contribution >= 0.6 is 0 Å². The smallest absolute Gasteiger partial charge is 0.261 e. The van der Waals surface area contributed by atoms with Crippen LogP contribution in [0.4, 0.5) is 0 Å². The minimum atomic E-state index is -0.220. The van der Waals surface area contributed by atoms with E-state index in [4.69, 9.17) is 9.26 Å². The fourth-order valence-electron chi connectivity index (χ4n) is 2.51. The van der Waals surface area contributed by atoms with E-state index in [-0.39, 0.29) is 18.5 Å². The van der Waals surface area contributed by atoms with Gasteiger partial charge >= 0.3 is 0 Å². The molecule has 0 unspecified atom stereocenters. The van der Waals surface area contributed by atoms with Crippen LogP contribution in [0.1, 0.15) is 11.9 Å². The van der Waals surface area contributed by atoms with Crippen LogP contribution in [-0.2, 0) is 16.6 Å². The highest BCUT2D eigenvalue weighted by Crippen LogP contribution is 2.24. The highest BCUT2D eigenvalue weighted by molar-refractivity contribution is 5.78. The standard InChI is InChI=1S/C15H20N6O3/c1-3-4-16-13(22)9-21-5-6-23-10-12(21)14-18-15(24-19-14)11-7-17-20(2)8-11/h3,7-8,12H,1,4-6,9-10H2,2H3,(H,16,22)/t12-/m1/s1. The van der Waals surface area contributed by atoms with Gasteiger partial charge in [0.1, 0.15) is 0 Å². The molecule has 1 amide bonds. The first-order valence-corrected chi connectivity index (χ1v) is 7.69. The van der Waals surface area contributed by atoms with Gasteiger partial charge in [0.25, 0.3) is 5.89 Å². The molecule has 0 aliphatic carbocycles. The Kier molecular flexibility index (Phi) is 5.02. The number of carbonyl (C=O) groups is 1. The van der Waals surface area contributed by atoms with Gasteiger partial charge in [0.2, 0.25) is 5.91 Å². The van der Waals surface area contributed by atoms with E-state index in [0.29, 0.717) is 38.0 Å². The van der Waals surface area contributed by atoms with Crippen molar-refractivity contribution in [2.24, 2.45) is 7.05 Å². The molecule has 1 fully saturated rings. The Morgan fingerprint density at radius 1 is 1.58 bits per heavy atom. The Balaban J connectivity index is 1.72. The lowest BCUT2D eigenvalue weighted by Crippen LogP contribution is -2.45. The van der Waals surface area contributed by atoms with Gasteiger partial charge in [-0.05, 0) is 0 Å². The Bertz CT molecular complexity index is 710. The maximum atomic E-state index is 12.0. The number of rotatable bonds is 6. The molecule has 1 aliphatic heterocycles. The SMILES string of the molecule is C=CCNC(=O)CN1CCOC[C@@H]1c1noc(-c2cnn(C)c2)n1. The van der Waals surface area contributed by atoms with Gasteiger partial charge in [-0.1, -0.05) is 11.2 Å². The van der Waals surface area contributed by atoms with Crippen molar-refractivity contribution < 1.29 is 14.1 Å². The summed E-state index contributed by atoms with van der Waals surface area (Å²) >= 11 is 0. The summed E-state index contributed by atoms with van der Waals surface area (Å²) in [5.41, 5.74) is 0.753. The van der Waals surface area contributed by atoms with Crippen molar-refractivity contribution in [1.29, 1.82) is 0 Å². The van der Waals surface area contributed by atoms with Crippen LogP contribution in [0, 0.1) is 0 Å². The van der Waals surface area contributed by atoms with E-state index >= 15 is 0 Å². The molecule has 24 heavy (non-hydrogen) atoms. The number of carbonyl (C=O) groups excluding carboxylic acids is 1. The number of aryl methyl sites for hydroxylation is 1. The first-order chi connectivity index (χ1) is 11.7. The van der Waals surface area contributed by atoms with E-state index < -0.39 is 0 Å². The summed E-state index contributed by atoms with van der Waals surface area (Å²) in [6, 6.07) is -0.220. The van der Waals surface area contributed by atoms with Gasteiger partial charge in [-0.25, -0.2) is 0 Å². The lowest BCUT2D eigenvalue weighted by atomic mass is 10.2. The normalized spacial score (nSPS) is 18.5. The topological polar surface area (TPSA) is 98.3 Å². The third-order valence-corrected chi connectivity index (χ3v) is 3.72. The minimum Gasteiger partial charge on any atom is -0.378 e. The molecular weight excluding hydrogens is 312 g/mol. The zero-order valence-corrected chi connectivity index (χ0v) is 13.5. The largest absolute Gasteiger partial charge is 0.378 e. The van der Waals surface area contributed by atoms with Gasteiger partial charge < -0.3 is 14.6 Å². The van der Waals surface area contributed by atoms with Crippen LogP contribution in [0.25, 0.3) is 11.5 Å². The third-order valence-electron chi connectivity index (χ3n) is 3.72. The Morgan fingerprint density at radius 2 is 2.46 bits per heavy atom. The molecule has 9 heteroatoms. The number of ether oxygens (including phenoxy) is 1. The van der Waals surface area contributed by atoms with Crippen LogP contribution in [-0.4, -0.2) is 63.6 Å². The molecular formula is C15H20N6O3. The molecule has 1 atom stereocenters. The van der Waals surface area contributed by atoms with Gasteiger partial charge in [-0.2, -0.15) is 10.1 Å². The lowest BCUT2D eigenvalue weighted by Gasteiger charge is -2.32. The van der Waals surface area contributed by atoms with Crippen LogP contribution in [0.3, 0.4) is 0 Å². The summed E-state index contributed by atoms with van der Waals surface area (Å²) in [7, 11) is 1.82. The van der Waals surface area contributed by atoms with Gasteiger partial charge in [-0.3, -0.25) is 14.4 Å². The number of hydrogen-bond donors (Lipinski definition) is 1. The molecule has 0 radical (unpaired) electrons. The zero-order valence-electron chi connectivity index (χ0n) is 13.5. The molecule has 2 aromatic heterocycles. The summed E-state index contributed by atoms with van der Waals surface area (Å²) in [5.74, 6) is 0.836. The molecule has 2 aromatic rings. The van der Waals surface area contributed by atoms with Gasteiger partial charge in [0.15, 0.2) is 5.82 Å². The number of nitrogens with one attached hydrogen (secondary N) is 1. The maximum Gasteiger partial charge on any atom is 0.261 e. The van der Waals surface area contributed by atoms with Crippen molar-refractivity contribution in [3.8, 4) is 11.5 Å². The number of nitrogens with zero attached hydrogens (tertiary/aromatic N) is 5.